The van der Waals surface area contributed by atoms with E-state index in [1.807, 2.05) is 35.8 Å². The van der Waals surface area contributed by atoms with Crippen molar-refractivity contribution >= 4 is 28.1 Å². The molecule has 2 aromatic carbocycles. The monoisotopic (exact) mass is 402 g/mol. The third kappa shape index (κ3) is 3.39. The van der Waals surface area contributed by atoms with Crippen molar-refractivity contribution in [1.29, 1.82) is 5.41 Å². The number of anilines is 1. The molecule has 150 valence electrons. The lowest BCUT2D eigenvalue weighted by Crippen LogP contribution is -2.26. The van der Waals surface area contributed by atoms with Crippen molar-refractivity contribution in [2.45, 2.75) is 19.8 Å². The van der Waals surface area contributed by atoms with E-state index in [2.05, 4.69) is 9.72 Å². The highest BCUT2D eigenvalue weighted by Crippen LogP contribution is 2.34. The number of hydrogen-bond donors (Lipinski definition) is 2. The summed E-state index contributed by atoms with van der Waals surface area (Å²) < 4.78 is 43.4. The summed E-state index contributed by atoms with van der Waals surface area (Å²) in [6.45, 7) is 2.47. The van der Waals surface area contributed by atoms with Gasteiger partial charge in [-0.3, -0.25) is 5.41 Å². The average Bonchev–Trinajstić information content (AvgIpc) is 3.16. The fraction of sp³-hybridized carbons (Fsp3) is 0.200. The quantitative estimate of drug-likeness (QED) is 0.662. The summed E-state index contributed by atoms with van der Waals surface area (Å²) in [5.74, 6) is -0.0586. The molecule has 6 nitrogen and oxygen atoms in total. The molecule has 1 aliphatic rings. The van der Waals surface area contributed by atoms with Gasteiger partial charge in [0, 0.05) is 18.3 Å². The van der Waals surface area contributed by atoms with E-state index in [1.165, 1.54) is 23.1 Å². The fourth-order valence-corrected chi connectivity index (χ4v) is 3.47. The van der Waals surface area contributed by atoms with Gasteiger partial charge in [-0.25, -0.2) is 4.98 Å². The van der Waals surface area contributed by atoms with Crippen LogP contribution in [0.15, 0.2) is 54.3 Å². The summed E-state index contributed by atoms with van der Waals surface area (Å²) in [4.78, 5) is 5.97. The first-order chi connectivity index (χ1) is 13.8. The number of halogens is 3. The van der Waals surface area contributed by atoms with Gasteiger partial charge < -0.3 is 19.3 Å². The van der Waals surface area contributed by atoms with E-state index >= 15 is 0 Å². The molecule has 2 heterocycles. The number of para-hydroxylation sites is 2. The highest BCUT2D eigenvalue weighted by molar-refractivity contribution is 6.30. The van der Waals surface area contributed by atoms with Gasteiger partial charge in [-0.05, 0) is 31.2 Å². The molecule has 0 fully saturated rings. The molecule has 0 amide bonds. The Bertz CT molecular complexity index is 1130. The molecule has 0 saturated heterocycles. The predicted molar refractivity (Wildman–Crippen MR) is 103 cm³/mol. The molecule has 3 aromatic rings. The first-order valence-corrected chi connectivity index (χ1v) is 8.88. The number of hydrogen-bond acceptors (Lipinski definition) is 4. The predicted octanol–water partition coefficient (Wildman–Crippen LogP) is 4.72. The van der Waals surface area contributed by atoms with Gasteiger partial charge in [0.2, 0.25) is 0 Å². The van der Waals surface area contributed by atoms with Crippen LogP contribution in [0.25, 0.3) is 16.6 Å². The van der Waals surface area contributed by atoms with Crippen LogP contribution in [-0.4, -0.2) is 33.4 Å². The number of amidine groups is 1. The topological polar surface area (TPSA) is 74.4 Å². The van der Waals surface area contributed by atoms with Gasteiger partial charge >= 0.3 is 6.36 Å². The van der Waals surface area contributed by atoms with Gasteiger partial charge in [0.15, 0.2) is 0 Å². The van der Waals surface area contributed by atoms with E-state index in [1.54, 1.807) is 6.07 Å². The maximum absolute atomic E-state index is 12.5. The van der Waals surface area contributed by atoms with Crippen molar-refractivity contribution in [2.24, 2.45) is 0 Å². The largest absolute Gasteiger partial charge is 0.573 e. The Morgan fingerprint density at radius 2 is 1.93 bits per heavy atom. The number of aromatic nitrogens is 2. The van der Waals surface area contributed by atoms with Crippen LogP contribution < -0.4 is 9.64 Å². The SMILES string of the molecule is CCn1c(C2=C(O)CN(c3cccc(OC(F)(F)F)c3)C2=N)nc2ccccc21. The number of alkyl halides is 3. The molecular formula is C20H17F3N4O2. The van der Waals surface area contributed by atoms with E-state index in [0.717, 1.165) is 11.0 Å². The molecule has 0 radical (unpaired) electrons. The van der Waals surface area contributed by atoms with E-state index in [-0.39, 0.29) is 23.7 Å². The van der Waals surface area contributed by atoms with Crippen LogP contribution in [0.1, 0.15) is 12.7 Å². The van der Waals surface area contributed by atoms with Gasteiger partial charge in [0.1, 0.15) is 23.2 Å². The molecule has 0 bridgehead atoms. The van der Waals surface area contributed by atoms with Crippen LogP contribution in [0, 0.1) is 5.41 Å². The molecule has 0 spiro atoms. The summed E-state index contributed by atoms with van der Waals surface area (Å²) >= 11 is 0. The zero-order chi connectivity index (χ0) is 20.8. The zero-order valence-electron chi connectivity index (χ0n) is 15.4. The van der Waals surface area contributed by atoms with Crippen molar-refractivity contribution < 1.29 is 23.0 Å². The standard InChI is InChI=1S/C20H17F3N4O2/c1-2-26-15-9-4-3-8-14(15)25-19(26)17-16(28)11-27(18(17)24)12-6-5-7-13(10-12)29-20(21,22)23/h3-10,24,28H,2,11H2,1H3. The second-order valence-corrected chi connectivity index (χ2v) is 6.47. The third-order valence-corrected chi connectivity index (χ3v) is 4.66. The lowest BCUT2D eigenvalue weighted by Gasteiger charge is -2.20. The number of ether oxygens (including phenoxy) is 1. The van der Waals surface area contributed by atoms with Crippen molar-refractivity contribution in [1.82, 2.24) is 9.55 Å². The van der Waals surface area contributed by atoms with Crippen LogP contribution in [-0.2, 0) is 6.54 Å². The van der Waals surface area contributed by atoms with E-state index in [0.29, 0.717) is 18.1 Å². The number of nitrogens with one attached hydrogen (secondary N) is 1. The third-order valence-electron chi connectivity index (χ3n) is 4.66. The summed E-state index contributed by atoms with van der Waals surface area (Å²) in [6.07, 6.45) is -4.81. The second-order valence-electron chi connectivity index (χ2n) is 6.47. The molecule has 1 aromatic heterocycles. The Morgan fingerprint density at radius 1 is 1.17 bits per heavy atom. The molecular weight excluding hydrogens is 385 g/mol. The fourth-order valence-electron chi connectivity index (χ4n) is 3.47. The van der Waals surface area contributed by atoms with Crippen molar-refractivity contribution in [3.05, 3.63) is 60.1 Å². The average molecular weight is 402 g/mol. The lowest BCUT2D eigenvalue weighted by molar-refractivity contribution is -0.274. The number of benzene rings is 2. The highest BCUT2D eigenvalue weighted by Gasteiger charge is 2.34. The molecule has 29 heavy (non-hydrogen) atoms. The molecule has 4 rings (SSSR count). The lowest BCUT2D eigenvalue weighted by atomic mass is 10.2. The minimum Gasteiger partial charge on any atom is -0.509 e. The molecule has 2 N–H and O–H groups in total. The maximum atomic E-state index is 12.5. The van der Waals surface area contributed by atoms with Gasteiger partial charge in [0.25, 0.3) is 0 Å². The summed E-state index contributed by atoms with van der Waals surface area (Å²) in [6, 6.07) is 12.8. The Labute approximate surface area is 164 Å². The number of rotatable bonds is 4. The van der Waals surface area contributed by atoms with Gasteiger partial charge in [-0.1, -0.05) is 18.2 Å². The number of aliphatic hydroxyl groups excluding tert-OH is 1. The second kappa shape index (κ2) is 6.84. The number of fused-ring (bicyclic) bond motifs is 1. The zero-order valence-corrected chi connectivity index (χ0v) is 15.4. The smallest absolute Gasteiger partial charge is 0.509 e. The van der Waals surface area contributed by atoms with Gasteiger partial charge in [-0.15, -0.1) is 13.2 Å². The molecule has 0 aliphatic carbocycles. The number of aliphatic hydroxyl groups is 1. The van der Waals surface area contributed by atoms with Crippen LogP contribution in [0.3, 0.4) is 0 Å². The minimum atomic E-state index is -4.81. The normalized spacial score (nSPS) is 14.9. The number of nitrogens with zero attached hydrogens (tertiary/aromatic N) is 3. The Balaban J connectivity index is 1.71. The first kappa shape index (κ1) is 18.9. The van der Waals surface area contributed by atoms with E-state index in [4.69, 9.17) is 5.41 Å². The Morgan fingerprint density at radius 3 is 2.66 bits per heavy atom. The van der Waals surface area contributed by atoms with E-state index < -0.39 is 12.1 Å². The number of imidazole rings is 1. The number of aryl methyl sites for hydroxylation is 1. The summed E-state index contributed by atoms with van der Waals surface area (Å²) in [5, 5.41) is 19.1. The Kier molecular flexibility index (Phi) is 4.45. The van der Waals surface area contributed by atoms with Crippen molar-refractivity contribution in [3.8, 4) is 5.75 Å². The van der Waals surface area contributed by atoms with Crippen molar-refractivity contribution in [3.63, 3.8) is 0 Å². The molecule has 0 atom stereocenters. The van der Waals surface area contributed by atoms with Crippen LogP contribution in [0.2, 0.25) is 0 Å². The van der Waals surface area contributed by atoms with E-state index in [9.17, 15) is 18.3 Å². The summed E-state index contributed by atoms with van der Waals surface area (Å²) in [7, 11) is 0. The van der Waals surface area contributed by atoms with Crippen LogP contribution >= 0.6 is 0 Å². The molecule has 1 aliphatic heterocycles. The van der Waals surface area contributed by atoms with Gasteiger partial charge in [0.05, 0.1) is 23.2 Å². The first-order valence-electron chi connectivity index (χ1n) is 8.88. The summed E-state index contributed by atoms with van der Waals surface area (Å²) in [5.41, 5.74) is 2.16. The molecule has 0 unspecified atom stereocenters. The highest BCUT2D eigenvalue weighted by atomic mass is 19.4. The Hall–Kier alpha value is -3.49. The molecule has 0 saturated carbocycles. The molecule has 9 heteroatoms. The van der Waals surface area contributed by atoms with Crippen LogP contribution in [0.4, 0.5) is 18.9 Å². The van der Waals surface area contributed by atoms with Crippen LogP contribution in [0.5, 0.6) is 5.75 Å². The van der Waals surface area contributed by atoms with Crippen molar-refractivity contribution in [2.75, 3.05) is 11.4 Å². The maximum Gasteiger partial charge on any atom is 0.573 e. The van der Waals surface area contributed by atoms with Gasteiger partial charge in [-0.2, -0.15) is 0 Å². The minimum absolute atomic E-state index is 0.0448.